The van der Waals surface area contributed by atoms with Crippen LogP contribution in [0, 0.1) is 0 Å². The van der Waals surface area contributed by atoms with E-state index in [4.69, 9.17) is 9.52 Å². The number of rotatable bonds is 5. The van der Waals surface area contributed by atoms with Crippen molar-refractivity contribution in [3.8, 4) is 0 Å². The van der Waals surface area contributed by atoms with Gasteiger partial charge in [0.15, 0.2) is 0 Å². The Labute approximate surface area is 105 Å². The Balaban J connectivity index is 2.47. The van der Waals surface area contributed by atoms with Crippen LogP contribution in [-0.4, -0.2) is 28.5 Å². The number of carboxylic acid groups (broad SMARTS) is 1. The lowest BCUT2D eigenvalue weighted by molar-refractivity contribution is -0.137. The summed E-state index contributed by atoms with van der Waals surface area (Å²) in [4.78, 5) is 25.8. The molecule has 0 fully saturated rings. The summed E-state index contributed by atoms with van der Waals surface area (Å²) in [5, 5.41) is 11.0. The molecular formula is C12H18N2O4. The quantitative estimate of drug-likeness (QED) is 0.778. The normalized spacial score (nSPS) is 11.3. The monoisotopic (exact) mass is 254 g/mol. The fourth-order valence-corrected chi connectivity index (χ4v) is 1.24. The first-order valence-electron chi connectivity index (χ1n) is 5.77. The molecular weight excluding hydrogens is 236 g/mol. The number of aliphatic carboxylic acids is 1. The molecule has 1 aromatic heterocycles. The molecule has 6 nitrogen and oxygen atoms in total. The van der Waals surface area contributed by atoms with Gasteiger partial charge in [0, 0.05) is 18.4 Å². The van der Waals surface area contributed by atoms with E-state index < -0.39 is 11.9 Å². The number of hydrogen-bond donors (Lipinski definition) is 2. The van der Waals surface area contributed by atoms with Crippen LogP contribution < -0.4 is 5.32 Å². The van der Waals surface area contributed by atoms with Crippen LogP contribution in [0.15, 0.2) is 10.6 Å². The van der Waals surface area contributed by atoms with Crippen molar-refractivity contribution < 1.29 is 19.1 Å². The van der Waals surface area contributed by atoms with E-state index in [1.165, 1.54) is 6.20 Å². The van der Waals surface area contributed by atoms with Gasteiger partial charge in [-0.3, -0.25) is 9.59 Å². The molecule has 0 saturated heterocycles. The summed E-state index contributed by atoms with van der Waals surface area (Å²) in [5.41, 5.74) is -0.200. The van der Waals surface area contributed by atoms with Crippen molar-refractivity contribution >= 4 is 11.9 Å². The lowest BCUT2D eigenvalue weighted by Gasteiger charge is -2.12. The van der Waals surface area contributed by atoms with Gasteiger partial charge in [0.25, 0.3) is 5.89 Å². The topological polar surface area (TPSA) is 92.4 Å². The van der Waals surface area contributed by atoms with Crippen LogP contribution in [0.1, 0.15) is 50.1 Å². The van der Waals surface area contributed by atoms with Gasteiger partial charge in [0.2, 0.25) is 0 Å². The van der Waals surface area contributed by atoms with Gasteiger partial charge in [-0.1, -0.05) is 20.8 Å². The predicted octanol–water partition coefficient (Wildman–Crippen LogP) is 1.57. The molecule has 0 spiro atoms. The zero-order valence-electron chi connectivity index (χ0n) is 10.8. The highest BCUT2D eigenvalue weighted by atomic mass is 16.4. The van der Waals surface area contributed by atoms with Gasteiger partial charge in [-0.05, 0) is 6.42 Å². The number of carbonyl (C=O) groups excluding carboxylic acids is 1. The number of carboxylic acids is 1. The van der Waals surface area contributed by atoms with Crippen LogP contribution in [0.5, 0.6) is 0 Å². The molecule has 1 heterocycles. The molecule has 0 atom stereocenters. The summed E-state index contributed by atoms with van der Waals surface area (Å²) in [7, 11) is 0. The number of carbonyl (C=O) groups is 2. The van der Waals surface area contributed by atoms with Crippen LogP contribution in [0.2, 0.25) is 0 Å². The van der Waals surface area contributed by atoms with Crippen molar-refractivity contribution in [2.24, 2.45) is 0 Å². The number of aromatic nitrogens is 1. The molecule has 0 aliphatic heterocycles. The second kappa shape index (κ2) is 5.66. The second-order valence-corrected chi connectivity index (χ2v) is 5.03. The molecule has 0 aromatic carbocycles. The number of amides is 1. The lowest BCUT2D eigenvalue weighted by atomic mass is 9.94. The van der Waals surface area contributed by atoms with Crippen LogP contribution in [0.4, 0.5) is 0 Å². The Morgan fingerprint density at radius 2 is 2.11 bits per heavy atom. The minimum atomic E-state index is -0.879. The average molecular weight is 254 g/mol. The molecule has 100 valence electrons. The van der Waals surface area contributed by atoms with E-state index in [-0.39, 0.29) is 17.7 Å². The molecule has 1 aromatic rings. The zero-order valence-corrected chi connectivity index (χ0v) is 10.8. The second-order valence-electron chi connectivity index (χ2n) is 5.03. The number of hydrogen-bond acceptors (Lipinski definition) is 4. The van der Waals surface area contributed by atoms with E-state index in [0.29, 0.717) is 18.7 Å². The maximum Gasteiger partial charge on any atom is 0.307 e. The summed E-state index contributed by atoms with van der Waals surface area (Å²) >= 11 is 0. The first-order valence-corrected chi connectivity index (χ1v) is 5.77. The standard InChI is InChI=1S/C12H18N2O4/c1-12(2,3)8-7-14-11(18-8)10(17)13-6-4-5-9(15)16/h7H,4-6H2,1-3H3,(H,13,17)(H,15,16). The molecule has 0 saturated carbocycles. The van der Waals surface area contributed by atoms with Crippen molar-refractivity contribution in [1.82, 2.24) is 10.3 Å². The molecule has 0 aliphatic carbocycles. The Bertz CT molecular complexity index is 432. The van der Waals surface area contributed by atoms with Gasteiger partial charge in [0.05, 0.1) is 6.20 Å². The van der Waals surface area contributed by atoms with Gasteiger partial charge in [0.1, 0.15) is 5.76 Å². The van der Waals surface area contributed by atoms with Crippen molar-refractivity contribution in [2.75, 3.05) is 6.54 Å². The maximum atomic E-state index is 11.6. The van der Waals surface area contributed by atoms with E-state index in [1.54, 1.807) is 0 Å². The smallest absolute Gasteiger partial charge is 0.307 e. The van der Waals surface area contributed by atoms with Crippen molar-refractivity contribution in [3.63, 3.8) is 0 Å². The molecule has 0 bridgehead atoms. The van der Waals surface area contributed by atoms with Crippen molar-refractivity contribution in [2.45, 2.75) is 39.0 Å². The summed E-state index contributed by atoms with van der Waals surface area (Å²) in [5.74, 6) is -0.653. The third-order valence-corrected chi connectivity index (χ3v) is 2.29. The van der Waals surface area contributed by atoms with Gasteiger partial charge >= 0.3 is 11.9 Å². The molecule has 1 amide bonds. The molecule has 0 aliphatic rings. The first kappa shape index (κ1) is 14.2. The molecule has 6 heteroatoms. The highest BCUT2D eigenvalue weighted by Crippen LogP contribution is 2.22. The molecule has 0 unspecified atom stereocenters. The Morgan fingerprint density at radius 3 is 2.61 bits per heavy atom. The lowest BCUT2D eigenvalue weighted by Crippen LogP contribution is -2.25. The molecule has 18 heavy (non-hydrogen) atoms. The maximum absolute atomic E-state index is 11.6. The van der Waals surface area contributed by atoms with Crippen LogP contribution >= 0.6 is 0 Å². The van der Waals surface area contributed by atoms with Crippen molar-refractivity contribution in [1.29, 1.82) is 0 Å². The predicted molar refractivity (Wildman–Crippen MR) is 64.4 cm³/mol. The first-order chi connectivity index (χ1) is 8.30. The van der Waals surface area contributed by atoms with Gasteiger partial charge in [-0.15, -0.1) is 0 Å². The highest BCUT2D eigenvalue weighted by Gasteiger charge is 2.21. The largest absolute Gasteiger partial charge is 0.481 e. The Morgan fingerprint density at radius 1 is 1.44 bits per heavy atom. The van der Waals surface area contributed by atoms with Gasteiger partial charge < -0.3 is 14.8 Å². The van der Waals surface area contributed by atoms with E-state index in [9.17, 15) is 9.59 Å². The summed E-state index contributed by atoms with van der Waals surface area (Å²) in [6.45, 7) is 6.17. The fourth-order valence-electron chi connectivity index (χ4n) is 1.24. The summed E-state index contributed by atoms with van der Waals surface area (Å²) in [6.07, 6.45) is 1.94. The van der Waals surface area contributed by atoms with Crippen LogP contribution in [0.25, 0.3) is 0 Å². The van der Waals surface area contributed by atoms with Gasteiger partial charge in [-0.25, -0.2) is 4.98 Å². The molecule has 2 N–H and O–H groups in total. The average Bonchev–Trinajstić information content (AvgIpc) is 2.72. The number of oxazole rings is 1. The van der Waals surface area contributed by atoms with Crippen LogP contribution in [0.3, 0.4) is 0 Å². The highest BCUT2D eigenvalue weighted by molar-refractivity contribution is 5.89. The Kier molecular flexibility index (Phi) is 4.47. The zero-order chi connectivity index (χ0) is 13.8. The third-order valence-electron chi connectivity index (χ3n) is 2.29. The van der Waals surface area contributed by atoms with Gasteiger partial charge in [-0.2, -0.15) is 0 Å². The summed E-state index contributed by atoms with van der Waals surface area (Å²) < 4.78 is 5.35. The van der Waals surface area contributed by atoms with Crippen molar-refractivity contribution in [3.05, 3.63) is 17.8 Å². The SMILES string of the molecule is CC(C)(C)c1cnc(C(=O)NCCCC(=O)O)o1. The number of nitrogens with zero attached hydrogens (tertiary/aromatic N) is 1. The van der Waals surface area contributed by atoms with E-state index in [2.05, 4.69) is 10.3 Å². The molecule has 1 rings (SSSR count). The van der Waals surface area contributed by atoms with E-state index in [0.717, 1.165) is 0 Å². The Hall–Kier alpha value is -1.85. The third kappa shape index (κ3) is 4.20. The van der Waals surface area contributed by atoms with E-state index in [1.807, 2.05) is 20.8 Å². The minimum absolute atomic E-state index is 0.00949. The minimum Gasteiger partial charge on any atom is -0.481 e. The van der Waals surface area contributed by atoms with Crippen LogP contribution in [-0.2, 0) is 10.2 Å². The summed E-state index contributed by atoms with van der Waals surface area (Å²) in [6, 6.07) is 0. The number of nitrogens with one attached hydrogen (secondary N) is 1. The van der Waals surface area contributed by atoms with E-state index >= 15 is 0 Å². The molecule has 0 radical (unpaired) electrons. The fraction of sp³-hybridized carbons (Fsp3) is 0.583.